The zero-order chi connectivity index (χ0) is 11.5. The van der Waals surface area contributed by atoms with E-state index in [4.69, 9.17) is 0 Å². The Morgan fingerprint density at radius 1 is 1.35 bits per heavy atom. The average molecular weight is 247 g/mol. The summed E-state index contributed by atoms with van der Waals surface area (Å²) in [5, 5.41) is 16.6. The maximum absolute atomic E-state index is 4.22. The van der Waals surface area contributed by atoms with Gasteiger partial charge in [0.1, 0.15) is 5.82 Å². The van der Waals surface area contributed by atoms with Crippen LogP contribution in [-0.4, -0.2) is 36.6 Å². The van der Waals surface area contributed by atoms with Crippen LogP contribution < -0.4 is 5.32 Å². The van der Waals surface area contributed by atoms with Crippen LogP contribution in [0.15, 0.2) is 23.3 Å². The van der Waals surface area contributed by atoms with E-state index >= 15 is 0 Å². The molecule has 0 aliphatic heterocycles. The quantitative estimate of drug-likeness (QED) is 0.728. The molecule has 0 radical (unpaired) electrons. The molecule has 0 aromatic carbocycles. The van der Waals surface area contributed by atoms with Crippen molar-refractivity contribution in [2.45, 2.75) is 6.42 Å². The summed E-state index contributed by atoms with van der Waals surface area (Å²) in [4.78, 5) is 8.28. The number of thiazole rings is 1. The number of nitrogens with zero attached hydrogens (tertiary/aromatic N) is 6. The van der Waals surface area contributed by atoms with E-state index in [0.29, 0.717) is 5.65 Å². The number of rotatable bonds is 4. The molecule has 1 N–H and O–H groups in total. The number of tetrazole rings is 1. The Morgan fingerprint density at radius 3 is 3.24 bits per heavy atom. The number of anilines is 1. The molecule has 0 amide bonds. The van der Waals surface area contributed by atoms with E-state index < -0.39 is 0 Å². The van der Waals surface area contributed by atoms with Gasteiger partial charge in [-0.25, -0.2) is 4.98 Å². The summed E-state index contributed by atoms with van der Waals surface area (Å²) < 4.78 is 1.62. The van der Waals surface area contributed by atoms with Crippen LogP contribution in [0.2, 0.25) is 0 Å². The van der Waals surface area contributed by atoms with Crippen LogP contribution in [0.3, 0.4) is 0 Å². The van der Waals surface area contributed by atoms with Gasteiger partial charge in [0.25, 0.3) is 0 Å². The molecule has 3 aromatic heterocycles. The lowest BCUT2D eigenvalue weighted by Gasteiger charge is -2.05. The Bertz CT molecular complexity index is 603. The minimum absolute atomic E-state index is 0.628. The Morgan fingerprint density at radius 2 is 2.35 bits per heavy atom. The fourth-order valence-corrected chi connectivity index (χ4v) is 2.07. The van der Waals surface area contributed by atoms with Crippen LogP contribution in [0.1, 0.15) is 5.69 Å². The Balaban J connectivity index is 1.70. The third-order valence-corrected chi connectivity index (χ3v) is 2.91. The summed E-state index contributed by atoms with van der Waals surface area (Å²) in [6.07, 6.45) is 4.18. The number of aromatic nitrogens is 6. The SMILES string of the molecule is c1nc(CCNc2cncc3nnnn23)cs1. The highest BCUT2D eigenvalue weighted by Gasteiger charge is 2.03. The summed E-state index contributed by atoms with van der Waals surface area (Å²) in [5.41, 5.74) is 3.54. The standard InChI is InChI=1S/C9H9N7S/c1(7-5-17-6-12-7)2-11-8-3-10-4-9-13-14-15-16(8)9/h3-6,11H,1-2H2. The maximum Gasteiger partial charge on any atom is 0.199 e. The van der Waals surface area contributed by atoms with Crippen LogP contribution in [-0.2, 0) is 6.42 Å². The lowest BCUT2D eigenvalue weighted by Crippen LogP contribution is -2.09. The third kappa shape index (κ3) is 2.07. The first-order chi connectivity index (χ1) is 8.43. The molecular weight excluding hydrogens is 238 g/mol. The van der Waals surface area contributed by atoms with Gasteiger partial charge in [0.2, 0.25) is 0 Å². The van der Waals surface area contributed by atoms with Crippen molar-refractivity contribution in [3.63, 3.8) is 0 Å². The molecule has 17 heavy (non-hydrogen) atoms. The molecule has 0 bridgehead atoms. The zero-order valence-corrected chi connectivity index (χ0v) is 9.63. The van der Waals surface area contributed by atoms with Crippen LogP contribution in [0, 0.1) is 0 Å². The molecule has 0 saturated carbocycles. The summed E-state index contributed by atoms with van der Waals surface area (Å²) in [6.45, 7) is 0.768. The molecule has 0 aliphatic rings. The molecule has 0 aliphatic carbocycles. The second-order valence-electron chi connectivity index (χ2n) is 3.40. The van der Waals surface area contributed by atoms with Crippen LogP contribution in [0.25, 0.3) is 5.65 Å². The second kappa shape index (κ2) is 4.42. The van der Waals surface area contributed by atoms with Crippen molar-refractivity contribution in [3.8, 4) is 0 Å². The molecule has 86 valence electrons. The van der Waals surface area contributed by atoms with Gasteiger partial charge in [0.15, 0.2) is 5.65 Å². The van der Waals surface area contributed by atoms with E-state index in [1.165, 1.54) is 0 Å². The van der Waals surface area contributed by atoms with Gasteiger partial charge in [-0.2, -0.15) is 4.52 Å². The molecule has 0 unspecified atom stereocenters. The van der Waals surface area contributed by atoms with E-state index in [9.17, 15) is 0 Å². The highest BCUT2D eigenvalue weighted by Crippen LogP contribution is 2.06. The molecule has 3 heterocycles. The van der Waals surface area contributed by atoms with Crippen molar-refractivity contribution in [1.82, 2.24) is 30.0 Å². The van der Waals surface area contributed by atoms with E-state index in [1.807, 2.05) is 10.9 Å². The molecule has 3 rings (SSSR count). The van der Waals surface area contributed by atoms with Crippen LogP contribution in [0.5, 0.6) is 0 Å². The van der Waals surface area contributed by atoms with Gasteiger partial charge in [0.05, 0.1) is 23.6 Å². The van der Waals surface area contributed by atoms with Crippen molar-refractivity contribution < 1.29 is 0 Å². The van der Waals surface area contributed by atoms with Gasteiger partial charge in [-0.15, -0.1) is 16.4 Å². The topological polar surface area (TPSA) is 80.9 Å². The number of hydrogen-bond donors (Lipinski definition) is 1. The highest BCUT2D eigenvalue weighted by molar-refractivity contribution is 7.07. The Labute approximate surface area is 101 Å². The van der Waals surface area contributed by atoms with Gasteiger partial charge in [-0.05, 0) is 10.4 Å². The van der Waals surface area contributed by atoms with E-state index in [0.717, 1.165) is 24.5 Å². The van der Waals surface area contributed by atoms with Crippen molar-refractivity contribution in [3.05, 3.63) is 29.0 Å². The minimum atomic E-state index is 0.628. The Kier molecular flexibility index (Phi) is 2.62. The molecule has 3 aromatic rings. The summed E-state index contributed by atoms with van der Waals surface area (Å²) in [6, 6.07) is 0. The first kappa shape index (κ1) is 10.1. The van der Waals surface area contributed by atoms with Gasteiger partial charge >= 0.3 is 0 Å². The minimum Gasteiger partial charge on any atom is -0.368 e. The lowest BCUT2D eigenvalue weighted by molar-refractivity contribution is 0.817. The fourth-order valence-electron chi connectivity index (χ4n) is 1.48. The van der Waals surface area contributed by atoms with Gasteiger partial charge in [-0.3, -0.25) is 4.98 Å². The third-order valence-electron chi connectivity index (χ3n) is 2.28. The van der Waals surface area contributed by atoms with Crippen molar-refractivity contribution in [2.24, 2.45) is 0 Å². The molecule has 8 heteroatoms. The van der Waals surface area contributed by atoms with Crippen molar-refractivity contribution in [2.75, 3.05) is 11.9 Å². The van der Waals surface area contributed by atoms with E-state index in [-0.39, 0.29) is 0 Å². The maximum atomic E-state index is 4.22. The average Bonchev–Trinajstić information content (AvgIpc) is 2.99. The molecule has 7 nitrogen and oxygen atoms in total. The number of nitrogens with one attached hydrogen (secondary N) is 1. The van der Waals surface area contributed by atoms with Crippen LogP contribution in [0.4, 0.5) is 5.82 Å². The smallest absolute Gasteiger partial charge is 0.199 e. The predicted molar refractivity (Wildman–Crippen MR) is 62.9 cm³/mol. The molecule has 0 saturated heterocycles. The van der Waals surface area contributed by atoms with Gasteiger partial charge in [-0.1, -0.05) is 0 Å². The van der Waals surface area contributed by atoms with Gasteiger partial charge < -0.3 is 5.32 Å². The fraction of sp³-hybridized carbons (Fsp3) is 0.222. The number of hydrogen-bond acceptors (Lipinski definition) is 7. The molecular formula is C9H9N7S. The summed E-state index contributed by atoms with van der Waals surface area (Å²) in [7, 11) is 0. The normalized spacial score (nSPS) is 10.8. The van der Waals surface area contributed by atoms with Gasteiger partial charge in [0, 0.05) is 18.3 Å². The number of fused-ring (bicyclic) bond motifs is 1. The monoisotopic (exact) mass is 247 g/mol. The second-order valence-corrected chi connectivity index (χ2v) is 4.12. The summed E-state index contributed by atoms with van der Waals surface area (Å²) in [5.74, 6) is 0.780. The van der Waals surface area contributed by atoms with Crippen molar-refractivity contribution in [1.29, 1.82) is 0 Å². The highest BCUT2D eigenvalue weighted by atomic mass is 32.1. The zero-order valence-electron chi connectivity index (χ0n) is 8.82. The first-order valence-electron chi connectivity index (χ1n) is 5.06. The first-order valence-corrected chi connectivity index (χ1v) is 6.01. The molecule has 0 fully saturated rings. The predicted octanol–water partition coefficient (Wildman–Crippen LogP) is 0.630. The largest absolute Gasteiger partial charge is 0.368 e. The van der Waals surface area contributed by atoms with E-state index in [2.05, 4.69) is 30.8 Å². The molecule has 0 spiro atoms. The Hall–Kier alpha value is -2.09. The van der Waals surface area contributed by atoms with Crippen molar-refractivity contribution >= 4 is 22.8 Å². The van der Waals surface area contributed by atoms with E-state index in [1.54, 1.807) is 28.2 Å². The van der Waals surface area contributed by atoms with Crippen LogP contribution >= 0.6 is 11.3 Å². The summed E-state index contributed by atoms with van der Waals surface area (Å²) >= 11 is 1.60. The lowest BCUT2D eigenvalue weighted by atomic mass is 10.3. The molecule has 0 atom stereocenters.